The van der Waals surface area contributed by atoms with Crippen molar-refractivity contribution >= 4 is 23.2 Å². The molecule has 4 rings (SSSR count). The lowest BCUT2D eigenvalue weighted by atomic mass is 10.2. The second kappa shape index (κ2) is 10.3. The maximum atomic E-state index is 12.7. The minimum Gasteiger partial charge on any atom is -0.493 e. The van der Waals surface area contributed by atoms with Crippen molar-refractivity contribution in [2.75, 3.05) is 43.0 Å². The molecule has 0 spiro atoms. The molecular formula is C26H29N3O4. The van der Waals surface area contributed by atoms with E-state index in [1.165, 1.54) is 6.26 Å². The first-order valence-corrected chi connectivity index (χ1v) is 11.2. The molecule has 0 aliphatic carbocycles. The lowest BCUT2D eigenvalue weighted by Gasteiger charge is -2.35. The normalized spacial score (nSPS) is 13.8. The van der Waals surface area contributed by atoms with E-state index in [9.17, 15) is 9.59 Å². The zero-order valence-electron chi connectivity index (χ0n) is 19.0. The van der Waals surface area contributed by atoms with Crippen LogP contribution in [0.4, 0.5) is 11.4 Å². The van der Waals surface area contributed by atoms with Crippen LogP contribution >= 0.6 is 0 Å². The Morgan fingerprint density at radius 2 is 1.76 bits per heavy atom. The Hall–Kier alpha value is -3.74. The van der Waals surface area contributed by atoms with E-state index < -0.39 is 0 Å². The minimum atomic E-state index is -0.178. The van der Waals surface area contributed by atoms with Crippen molar-refractivity contribution < 1.29 is 18.7 Å². The van der Waals surface area contributed by atoms with Crippen LogP contribution in [0.1, 0.15) is 34.8 Å². The molecule has 3 aromatic rings. The zero-order chi connectivity index (χ0) is 23.2. The molecule has 0 unspecified atom stereocenters. The van der Waals surface area contributed by atoms with E-state index in [4.69, 9.17) is 9.15 Å². The Labute approximate surface area is 193 Å². The lowest BCUT2D eigenvalue weighted by Crippen LogP contribution is -2.48. The number of ether oxygens (including phenoxy) is 1. The van der Waals surface area contributed by atoms with Gasteiger partial charge in [-0.05, 0) is 60.5 Å². The van der Waals surface area contributed by atoms with Crippen LogP contribution in [0.25, 0.3) is 0 Å². The molecule has 2 aromatic carbocycles. The third-order valence-electron chi connectivity index (χ3n) is 5.47. The average molecular weight is 448 g/mol. The fraction of sp³-hybridized carbons (Fsp3) is 0.308. The Morgan fingerprint density at radius 3 is 2.42 bits per heavy atom. The van der Waals surface area contributed by atoms with Crippen LogP contribution in [-0.4, -0.2) is 49.5 Å². The number of nitrogens with zero attached hydrogens (tertiary/aromatic N) is 2. The van der Waals surface area contributed by atoms with Crippen molar-refractivity contribution in [3.8, 4) is 5.75 Å². The van der Waals surface area contributed by atoms with E-state index in [1.807, 2.05) is 41.3 Å². The number of benzene rings is 2. The number of carbonyl (C=O) groups excluding carboxylic acids is 2. The second-order valence-corrected chi connectivity index (χ2v) is 8.49. The van der Waals surface area contributed by atoms with Gasteiger partial charge in [0.2, 0.25) is 0 Å². The Morgan fingerprint density at radius 1 is 1.00 bits per heavy atom. The van der Waals surface area contributed by atoms with Gasteiger partial charge < -0.3 is 24.3 Å². The van der Waals surface area contributed by atoms with Crippen LogP contribution in [0.15, 0.2) is 71.3 Å². The van der Waals surface area contributed by atoms with E-state index in [1.54, 1.807) is 24.3 Å². The predicted molar refractivity (Wildman–Crippen MR) is 128 cm³/mol. The topological polar surface area (TPSA) is 75.0 Å². The predicted octanol–water partition coefficient (Wildman–Crippen LogP) is 4.53. The fourth-order valence-corrected chi connectivity index (χ4v) is 3.67. The highest BCUT2D eigenvalue weighted by Crippen LogP contribution is 2.21. The summed E-state index contributed by atoms with van der Waals surface area (Å²) in [5.41, 5.74) is 2.34. The van der Waals surface area contributed by atoms with Crippen LogP contribution in [0.2, 0.25) is 0 Å². The van der Waals surface area contributed by atoms with Crippen molar-refractivity contribution in [2.45, 2.75) is 13.8 Å². The van der Waals surface area contributed by atoms with Crippen LogP contribution in [0.3, 0.4) is 0 Å². The van der Waals surface area contributed by atoms with Crippen LogP contribution in [0.5, 0.6) is 5.75 Å². The molecule has 1 fully saturated rings. The van der Waals surface area contributed by atoms with Gasteiger partial charge in [0.15, 0.2) is 5.76 Å². The SMILES string of the molecule is CC(C)COc1cccc(C(=O)Nc2ccc(N3CCN(C(=O)c4ccco4)CC3)cc2)c1. The van der Waals surface area contributed by atoms with Gasteiger partial charge in [-0.3, -0.25) is 9.59 Å². The highest BCUT2D eigenvalue weighted by molar-refractivity contribution is 6.04. The summed E-state index contributed by atoms with van der Waals surface area (Å²) in [5.74, 6) is 1.23. The van der Waals surface area contributed by atoms with Crippen LogP contribution in [-0.2, 0) is 0 Å². The summed E-state index contributed by atoms with van der Waals surface area (Å²) in [6.07, 6.45) is 1.52. The van der Waals surface area contributed by atoms with Crippen molar-refractivity contribution in [1.29, 1.82) is 0 Å². The van der Waals surface area contributed by atoms with Gasteiger partial charge in [0.25, 0.3) is 11.8 Å². The summed E-state index contributed by atoms with van der Waals surface area (Å²) in [4.78, 5) is 29.1. The summed E-state index contributed by atoms with van der Waals surface area (Å²) in [6.45, 7) is 7.52. The summed E-state index contributed by atoms with van der Waals surface area (Å²) >= 11 is 0. The summed E-state index contributed by atoms with van der Waals surface area (Å²) < 4.78 is 10.9. The van der Waals surface area contributed by atoms with Gasteiger partial charge in [-0.15, -0.1) is 0 Å². The molecule has 0 atom stereocenters. The highest BCUT2D eigenvalue weighted by atomic mass is 16.5. The molecule has 7 nitrogen and oxygen atoms in total. The standard InChI is InChI=1S/C26H29N3O4/c1-19(2)18-33-23-6-3-5-20(17-23)25(30)27-21-8-10-22(11-9-21)28-12-14-29(15-13-28)26(31)24-7-4-16-32-24/h3-11,16-17,19H,12-15,18H2,1-2H3,(H,27,30). The quantitative estimate of drug-likeness (QED) is 0.576. The van der Waals surface area contributed by atoms with Gasteiger partial charge >= 0.3 is 0 Å². The number of amides is 2. The molecule has 172 valence electrons. The molecule has 2 heterocycles. The molecule has 33 heavy (non-hydrogen) atoms. The largest absolute Gasteiger partial charge is 0.493 e. The molecule has 7 heteroatoms. The number of piperazine rings is 1. The highest BCUT2D eigenvalue weighted by Gasteiger charge is 2.23. The van der Waals surface area contributed by atoms with E-state index in [-0.39, 0.29) is 11.8 Å². The third kappa shape index (κ3) is 5.74. The molecule has 0 radical (unpaired) electrons. The van der Waals surface area contributed by atoms with Gasteiger partial charge in [0.05, 0.1) is 12.9 Å². The maximum Gasteiger partial charge on any atom is 0.289 e. The van der Waals surface area contributed by atoms with Gasteiger partial charge in [-0.2, -0.15) is 0 Å². The second-order valence-electron chi connectivity index (χ2n) is 8.49. The van der Waals surface area contributed by atoms with Crippen LogP contribution < -0.4 is 15.0 Å². The number of carbonyl (C=O) groups is 2. The first-order valence-electron chi connectivity index (χ1n) is 11.2. The first-order chi connectivity index (χ1) is 16.0. The molecule has 1 N–H and O–H groups in total. The molecule has 0 saturated carbocycles. The van der Waals surface area contributed by atoms with E-state index >= 15 is 0 Å². The number of anilines is 2. The van der Waals surface area contributed by atoms with Gasteiger partial charge in [-0.1, -0.05) is 19.9 Å². The van der Waals surface area contributed by atoms with Crippen molar-refractivity contribution in [2.24, 2.45) is 5.92 Å². The van der Waals surface area contributed by atoms with Gasteiger partial charge in [0.1, 0.15) is 5.75 Å². The molecule has 1 aliphatic rings. The van der Waals surface area contributed by atoms with Crippen molar-refractivity contribution in [1.82, 2.24) is 4.90 Å². The Balaban J connectivity index is 1.31. The van der Waals surface area contributed by atoms with E-state index in [0.717, 1.165) is 24.5 Å². The average Bonchev–Trinajstić information content (AvgIpc) is 3.38. The van der Waals surface area contributed by atoms with Crippen molar-refractivity contribution in [3.05, 3.63) is 78.3 Å². The molecule has 0 bridgehead atoms. The molecule has 2 amide bonds. The maximum absolute atomic E-state index is 12.7. The van der Waals surface area contributed by atoms with Crippen LogP contribution in [0, 0.1) is 5.92 Å². The Kier molecular flexibility index (Phi) is 6.98. The fourth-order valence-electron chi connectivity index (χ4n) is 3.67. The minimum absolute atomic E-state index is 0.0728. The summed E-state index contributed by atoms with van der Waals surface area (Å²) in [7, 11) is 0. The van der Waals surface area contributed by atoms with E-state index in [0.29, 0.717) is 42.7 Å². The molecule has 1 aliphatic heterocycles. The number of furan rings is 1. The monoisotopic (exact) mass is 447 g/mol. The number of nitrogens with one attached hydrogen (secondary N) is 1. The zero-order valence-corrected chi connectivity index (χ0v) is 19.0. The summed E-state index contributed by atoms with van der Waals surface area (Å²) in [6, 6.07) is 18.4. The first kappa shape index (κ1) is 22.5. The molecule has 1 saturated heterocycles. The Bertz CT molecular complexity index is 1070. The van der Waals surface area contributed by atoms with Gasteiger partial charge in [0, 0.05) is 43.1 Å². The molecular weight excluding hydrogens is 418 g/mol. The van der Waals surface area contributed by atoms with E-state index in [2.05, 4.69) is 24.1 Å². The third-order valence-corrected chi connectivity index (χ3v) is 5.47. The lowest BCUT2D eigenvalue weighted by molar-refractivity contribution is 0.0714. The smallest absolute Gasteiger partial charge is 0.289 e. The number of hydrogen-bond donors (Lipinski definition) is 1. The van der Waals surface area contributed by atoms with Crippen molar-refractivity contribution in [3.63, 3.8) is 0 Å². The summed E-state index contributed by atoms with van der Waals surface area (Å²) in [5, 5.41) is 2.94. The molecule has 1 aromatic heterocycles. The number of hydrogen-bond acceptors (Lipinski definition) is 5. The van der Waals surface area contributed by atoms with Gasteiger partial charge in [-0.25, -0.2) is 0 Å². The number of rotatable bonds is 7.